The van der Waals surface area contributed by atoms with E-state index in [0.29, 0.717) is 12.0 Å². The van der Waals surface area contributed by atoms with Crippen molar-refractivity contribution in [2.24, 2.45) is 17.8 Å². The Morgan fingerprint density at radius 1 is 0.857 bits per heavy atom. The van der Waals surface area contributed by atoms with Crippen LogP contribution >= 0.6 is 12.4 Å². The summed E-state index contributed by atoms with van der Waals surface area (Å²) in [5.41, 5.74) is 0.285. The zero-order valence-corrected chi connectivity index (χ0v) is 13.8. The first kappa shape index (κ1) is 15.5. The lowest BCUT2D eigenvalue weighted by molar-refractivity contribution is -0.0107. The Balaban J connectivity index is 0.00000132. The van der Waals surface area contributed by atoms with Crippen molar-refractivity contribution in [3.63, 3.8) is 0 Å². The molecule has 0 unspecified atom stereocenters. The van der Waals surface area contributed by atoms with Crippen LogP contribution in [0.4, 0.5) is 0 Å². The van der Waals surface area contributed by atoms with Crippen LogP contribution in [-0.4, -0.2) is 17.5 Å². The van der Waals surface area contributed by atoms with Gasteiger partial charge in [0.25, 0.3) is 0 Å². The fourth-order valence-corrected chi connectivity index (χ4v) is 6.02. The maximum absolute atomic E-state index is 8.34. The third kappa shape index (κ3) is 3.18. The molecule has 5 saturated carbocycles. The second-order valence-electron chi connectivity index (χ2n) is 8.18. The van der Waals surface area contributed by atoms with Gasteiger partial charge in [-0.2, -0.15) is 0 Å². The van der Waals surface area contributed by atoms with Crippen molar-refractivity contribution in [3.8, 4) is 0 Å². The molecule has 0 aliphatic heterocycles. The summed E-state index contributed by atoms with van der Waals surface area (Å²) in [6.07, 6.45) is 15.0. The summed E-state index contributed by atoms with van der Waals surface area (Å²) >= 11 is 0. The van der Waals surface area contributed by atoms with Crippen LogP contribution in [0.25, 0.3) is 0 Å². The summed E-state index contributed by atoms with van der Waals surface area (Å²) in [6, 6.07) is 0.553. The highest BCUT2D eigenvalue weighted by molar-refractivity contribution is 5.85. The first-order valence-electron chi connectivity index (χ1n) is 8.84. The molecule has 5 aliphatic carbocycles. The molecule has 4 heteroatoms. The van der Waals surface area contributed by atoms with Gasteiger partial charge in [0.05, 0.1) is 0 Å². The van der Waals surface area contributed by atoms with Crippen molar-refractivity contribution in [1.29, 1.82) is 5.41 Å². The van der Waals surface area contributed by atoms with E-state index in [1.165, 1.54) is 70.6 Å². The molecule has 0 atom stereocenters. The highest BCUT2D eigenvalue weighted by Gasteiger charge is 2.51. The molecule has 4 bridgehead atoms. The Morgan fingerprint density at radius 3 is 1.90 bits per heavy atom. The predicted octanol–water partition coefficient (Wildman–Crippen LogP) is 3.82. The second kappa shape index (κ2) is 5.98. The first-order chi connectivity index (χ1) is 9.71. The van der Waals surface area contributed by atoms with Crippen molar-refractivity contribution in [2.75, 3.05) is 0 Å². The Hall–Kier alpha value is -0.440. The van der Waals surface area contributed by atoms with Gasteiger partial charge in [-0.25, -0.2) is 0 Å². The lowest BCUT2D eigenvalue weighted by Crippen LogP contribution is -2.62. The van der Waals surface area contributed by atoms with Crippen molar-refractivity contribution in [3.05, 3.63) is 0 Å². The lowest BCUT2D eigenvalue weighted by atomic mass is 9.53. The lowest BCUT2D eigenvalue weighted by Gasteiger charge is -2.57. The summed E-state index contributed by atoms with van der Waals surface area (Å²) in [4.78, 5) is 0. The number of hydrogen-bond donors (Lipinski definition) is 3. The average Bonchev–Trinajstić information content (AvgIpc) is 2.37. The molecule has 0 amide bonds. The standard InChI is InChI=1S/C17H29N3.ClH/c18-16(19-15-4-2-1-3-5-15)20-17-9-12-6-13(10-17)8-14(7-12)11-17;/h12-15H,1-11H2,(H3,18,19,20);1H. The first-order valence-corrected chi connectivity index (χ1v) is 8.84. The zero-order valence-electron chi connectivity index (χ0n) is 13.0. The molecule has 0 spiro atoms. The fourth-order valence-electron chi connectivity index (χ4n) is 6.02. The minimum atomic E-state index is 0. The van der Waals surface area contributed by atoms with Gasteiger partial charge in [0.15, 0.2) is 5.96 Å². The molecule has 3 N–H and O–H groups in total. The number of nitrogens with one attached hydrogen (secondary N) is 3. The third-order valence-corrected chi connectivity index (χ3v) is 6.38. The Kier molecular flexibility index (Phi) is 4.40. The molecule has 5 aliphatic rings. The fraction of sp³-hybridized carbons (Fsp3) is 0.941. The van der Waals surface area contributed by atoms with Crippen LogP contribution in [0.15, 0.2) is 0 Å². The quantitative estimate of drug-likeness (QED) is 0.536. The van der Waals surface area contributed by atoms with Crippen LogP contribution in [-0.2, 0) is 0 Å². The van der Waals surface area contributed by atoms with Gasteiger partial charge in [-0.15, -0.1) is 12.4 Å². The normalized spacial score (nSPS) is 41.4. The van der Waals surface area contributed by atoms with Crippen LogP contribution in [0.5, 0.6) is 0 Å². The third-order valence-electron chi connectivity index (χ3n) is 6.38. The number of guanidine groups is 1. The molecular weight excluding hydrogens is 282 g/mol. The predicted molar refractivity (Wildman–Crippen MR) is 89.0 cm³/mol. The van der Waals surface area contributed by atoms with Gasteiger partial charge in [0.2, 0.25) is 0 Å². The highest BCUT2D eigenvalue weighted by atomic mass is 35.5. The summed E-state index contributed by atoms with van der Waals surface area (Å²) in [7, 11) is 0. The van der Waals surface area contributed by atoms with Gasteiger partial charge in [-0.1, -0.05) is 19.3 Å². The van der Waals surface area contributed by atoms with Gasteiger partial charge < -0.3 is 10.6 Å². The molecule has 0 radical (unpaired) electrons. The van der Waals surface area contributed by atoms with Gasteiger partial charge >= 0.3 is 0 Å². The monoisotopic (exact) mass is 311 g/mol. The second-order valence-corrected chi connectivity index (χ2v) is 8.18. The van der Waals surface area contributed by atoms with Crippen LogP contribution in [0, 0.1) is 23.2 Å². The Labute approximate surface area is 134 Å². The van der Waals surface area contributed by atoms with Crippen LogP contribution in [0.1, 0.15) is 70.6 Å². The Bertz CT molecular complexity index is 354. The molecule has 21 heavy (non-hydrogen) atoms. The minimum Gasteiger partial charge on any atom is -0.354 e. The molecule has 0 heterocycles. The minimum absolute atomic E-state index is 0. The zero-order chi connectivity index (χ0) is 13.6. The molecule has 5 rings (SSSR count). The van der Waals surface area contributed by atoms with E-state index < -0.39 is 0 Å². The van der Waals surface area contributed by atoms with Crippen LogP contribution < -0.4 is 10.6 Å². The van der Waals surface area contributed by atoms with E-state index >= 15 is 0 Å². The molecule has 0 aromatic carbocycles. The van der Waals surface area contributed by atoms with Crippen molar-refractivity contribution in [2.45, 2.75) is 82.2 Å². The van der Waals surface area contributed by atoms with Crippen LogP contribution in [0.2, 0.25) is 0 Å². The van der Waals surface area contributed by atoms with E-state index in [2.05, 4.69) is 10.6 Å². The van der Waals surface area contributed by atoms with E-state index in [1.54, 1.807) is 0 Å². The van der Waals surface area contributed by atoms with E-state index in [9.17, 15) is 0 Å². The average molecular weight is 312 g/mol. The van der Waals surface area contributed by atoms with Gasteiger partial charge in [0, 0.05) is 11.6 Å². The number of hydrogen-bond acceptors (Lipinski definition) is 1. The van der Waals surface area contributed by atoms with Gasteiger partial charge in [-0.3, -0.25) is 5.41 Å². The van der Waals surface area contributed by atoms with Crippen molar-refractivity contribution < 1.29 is 0 Å². The molecule has 120 valence electrons. The van der Waals surface area contributed by atoms with Crippen molar-refractivity contribution >= 4 is 18.4 Å². The summed E-state index contributed by atoms with van der Waals surface area (Å²) in [5, 5.41) is 15.4. The summed E-state index contributed by atoms with van der Waals surface area (Å²) in [5.74, 6) is 3.49. The molecule has 3 nitrogen and oxygen atoms in total. The van der Waals surface area contributed by atoms with Gasteiger partial charge in [0.1, 0.15) is 0 Å². The molecule has 0 aromatic rings. The molecule has 5 fully saturated rings. The number of halogens is 1. The SMILES string of the molecule is Cl.N=C(NC1CCCCC1)NC12CC3CC(CC(C3)C1)C2. The van der Waals surface area contributed by atoms with E-state index in [1.807, 2.05) is 0 Å². The van der Waals surface area contributed by atoms with Gasteiger partial charge in [-0.05, 0) is 69.1 Å². The molecule has 0 saturated heterocycles. The highest BCUT2D eigenvalue weighted by Crippen LogP contribution is 2.55. The maximum Gasteiger partial charge on any atom is 0.189 e. The largest absolute Gasteiger partial charge is 0.354 e. The summed E-state index contributed by atoms with van der Waals surface area (Å²) in [6.45, 7) is 0. The van der Waals surface area contributed by atoms with E-state index in [4.69, 9.17) is 5.41 Å². The topological polar surface area (TPSA) is 47.9 Å². The van der Waals surface area contributed by atoms with Crippen LogP contribution in [0.3, 0.4) is 0 Å². The van der Waals surface area contributed by atoms with E-state index in [-0.39, 0.29) is 17.9 Å². The maximum atomic E-state index is 8.34. The molecule has 0 aromatic heterocycles. The summed E-state index contributed by atoms with van der Waals surface area (Å²) < 4.78 is 0. The van der Waals surface area contributed by atoms with Crippen molar-refractivity contribution in [1.82, 2.24) is 10.6 Å². The number of rotatable bonds is 2. The Morgan fingerprint density at radius 2 is 1.38 bits per heavy atom. The smallest absolute Gasteiger partial charge is 0.189 e. The molecular formula is C17H30ClN3. The van der Waals surface area contributed by atoms with E-state index in [0.717, 1.165) is 17.8 Å².